The summed E-state index contributed by atoms with van der Waals surface area (Å²) in [7, 11) is 6.37. The van der Waals surface area contributed by atoms with Crippen LogP contribution in [0.4, 0.5) is 0 Å². The molecule has 1 atom stereocenters. The van der Waals surface area contributed by atoms with Crippen LogP contribution in [0.2, 0.25) is 0 Å². The molecule has 0 saturated carbocycles. The summed E-state index contributed by atoms with van der Waals surface area (Å²) in [6.45, 7) is 0.677. The zero-order valence-electron chi connectivity index (χ0n) is 25.7. The zero-order chi connectivity index (χ0) is 31.3. The van der Waals surface area contributed by atoms with Gasteiger partial charge in [0.25, 0.3) is 0 Å². The molecule has 0 spiro atoms. The summed E-state index contributed by atoms with van der Waals surface area (Å²) in [4.78, 5) is 29.7. The maximum Gasteiger partial charge on any atom is 0.243 e. The number of rotatable bonds is 15. The molecule has 0 aliphatic carbocycles. The Kier molecular flexibility index (Phi) is 11.6. The predicted octanol–water partition coefficient (Wildman–Crippen LogP) is 5.26. The highest BCUT2D eigenvalue weighted by Gasteiger charge is 2.30. The van der Waals surface area contributed by atoms with Gasteiger partial charge in [-0.25, -0.2) is 0 Å². The van der Waals surface area contributed by atoms with Crippen LogP contribution in [-0.2, 0) is 35.4 Å². The average Bonchev–Trinajstić information content (AvgIpc) is 3.07. The van der Waals surface area contributed by atoms with Crippen LogP contribution in [0.25, 0.3) is 0 Å². The van der Waals surface area contributed by atoms with Crippen molar-refractivity contribution in [1.82, 2.24) is 10.2 Å². The van der Waals surface area contributed by atoms with E-state index in [2.05, 4.69) is 5.32 Å². The van der Waals surface area contributed by atoms with Crippen molar-refractivity contribution in [1.29, 1.82) is 0 Å². The van der Waals surface area contributed by atoms with Gasteiger partial charge >= 0.3 is 0 Å². The van der Waals surface area contributed by atoms with Crippen molar-refractivity contribution in [2.45, 2.75) is 31.8 Å². The molecule has 1 N–H and O–H groups in total. The van der Waals surface area contributed by atoms with Crippen LogP contribution in [0.1, 0.15) is 22.3 Å². The molecule has 0 radical (unpaired) electrons. The molecule has 230 valence electrons. The third kappa shape index (κ3) is 8.77. The van der Waals surface area contributed by atoms with Crippen LogP contribution in [0.5, 0.6) is 23.0 Å². The van der Waals surface area contributed by atoms with E-state index in [4.69, 9.17) is 18.9 Å². The van der Waals surface area contributed by atoms with Gasteiger partial charge in [0.1, 0.15) is 17.5 Å². The second-order valence-corrected chi connectivity index (χ2v) is 10.3. The first kappa shape index (κ1) is 31.9. The van der Waals surface area contributed by atoms with Crippen LogP contribution in [-0.4, -0.2) is 57.7 Å². The molecule has 0 saturated heterocycles. The quantitative estimate of drug-likeness (QED) is 0.202. The van der Waals surface area contributed by atoms with Crippen LogP contribution >= 0.6 is 0 Å². The number of amides is 2. The highest BCUT2D eigenvalue weighted by molar-refractivity contribution is 5.89. The molecule has 4 aromatic carbocycles. The van der Waals surface area contributed by atoms with Gasteiger partial charge in [-0.15, -0.1) is 0 Å². The minimum Gasteiger partial charge on any atom is -0.497 e. The molecule has 4 aromatic rings. The highest BCUT2D eigenvalue weighted by atomic mass is 16.5. The third-order valence-corrected chi connectivity index (χ3v) is 7.46. The molecule has 0 aliphatic heterocycles. The number of nitrogens with one attached hydrogen (secondary N) is 1. The number of carbonyl (C=O) groups is 2. The number of nitrogens with zero attached hydrogens (tertiary/aromatic N) is 1. The summed E-state index contributed by atoms with van der Waals surface area (Å²) in [5.41, 5.74) is 3.67. The van der Waals surface area contributed by atoms with E-state index in [1.165, 1.54) is 0 Å². The van der Waals surface area contributed by atoms with E-state index in [0.717, 1.165) is 28.0 Å². The Labute approximate surface area is 259 Å². The molecule has 8 nitrogen and oxygen atoms in total. The summed E-state index contributed by atoms with van der Waals surface area (Å²) < 4.78 is 21.4. The first-order valence-electron chi connectivity index (χ1n) is 14.5. The zero-order valence-corrected chi connectivity index (χ0v) is 25.7. The van der Waals surface area contributed by atoms with Gasteiger partial charge in [-0.1, -0.05) is 60.7 Å². The first-order chi connectivity index (χ1) is 21.4. The van der Waals surface area contributed by atoms with Crippen LogP contribution in [0.3, 0.4) is 0 Å². The van der Waals surface area contributed by atoms with E-state index >= 15 is 0 Å². The fourth-order valence-electron chi connectivity index (χ4n) is 4.99. The van der Waals surface area contributed by atoms with E-state index in [1.54, 1.807) is 45.5 Å². The molecule has 4 rings (SSSR count). The van der Waals surface area contributed by atoms with Gasteiger partial charge in [0.2, 0.25) is 11.8 Å². The largest absolute Gasteiger partial charge is 0.497 e. The van der Waals surface area contributed by atoms with Crippen LogP contribution in [0.15, 0.2) is 97.1 Å². The van der Waals surface area contributed by atoms with Crippen LogP contribution in [0, 0.1) is 0 Å². The topological polar surface area (TPSA) is 86.3 Å². The van der Waals surface area contributed by atoms with Crippen molar-refractivity contribution in [3.8, 4) is 23.0 Å². The van der Waals surface area contributed by atoms with E-state index in [9.17, 15) is 9.59 Å². The maximum absolute atomic E-state index is 14.1. The summed E-state index contributed by atoms with van der Waals surface area (Å²) in [5, 5.41) is 3.10. The minimum absolute atomic E-state index is 0.0843. The Hall–Kier alpha value is -4.98. The standard InChI is InChI=1S/C36H40N2O6/c1-41-30-15-10-26(11-16-30)20-21-37-36(40)32(22-27-8-6-5-7-9-27)38(25-28-12-17-31(42-2)18-13-28)35(39)24-29-14-19-33(43-3)34(23-29)44-4/h5-19,23,32H,20-22,24-25H2,1-4H3,(H,37,40)/t32-/m1/s1. The lowest BCUT2D eigenvalue weighted by Gasteiger charge is -2.32. The smallest absolute Gasteiger partial charge is 0.243 e. The van der Waals surface area contributed by atoms with Gasteiger partial charge in [-0.05, 0) is 65.1 Å². The maximum atomic E-state index is 14.1. The molecule has 0 unspecified atom stereocenters. The average molecular weight is 597 g/mol. The van der Waals surface area contributed by atoms with Gasteiger partial charge in [0.05, 0.1) is 34.9 Å². The fourth-order valence-corrected chi connectivity index (χ4v) is 4.99. The second-order valence-electron chi connectivity index (χ2n) is 10.3. The van der Waals surface area contributed by atoms with Gasteiger partial charge in [0, 0.05) is 19.5 Å². The molecule has 44 heavy (non-hydrogen) atoms. The number of methoxy groups -OCH3 is 4. The number of hydrogen-bond donors (Lipinski definition) is 1. The minimum atomic E-state index is -0.747. The van der Waals surface area contributed by atoms with Crippen molar-refractivity contribution >= 4 is 11.8 Å². The van der Waals surface area contributed by atoms with E-state index in [1.807, 2.05) is 84.9 Å². The second kappa shape index (κ2) is 16.0. The molecule has 0 aromatic heterocycles. The van der Waals surface area contributed by atoms with Crippen molar-refractivity contribution in [3.05, 3.63) is 119 Å². The molecular weight excluding hydrogens is 556 g/mol. The number of carbonyl (C=O) groups excluding carboxylic acids is 2. The Morgan fingerprint density at radius 2 is 1.25 bits per heavy atom. The van der Waals surface area contributed by atoms with Crippen molar-refractivity contribution in [2.24, 2.45) is 0 Å². The van der Waals surface area contributed by atoms with Crippen molar-refractivity contribution in [2.75, 3.05) is 35.0 Å². The lowest BCUT2D eigenvalue weighted by Crippen LogP contribution is -2.51. The summed E-state index contributed by atoms with van der Waals surface area (Å²) >= 11 is 0. The number of benzene rings is 4. The van der Waals surface area contributed by atoms with Crippen molar-refractivity contribution < 1.29 is 28.5 Å². The molecular formula is C36H40N2O6. The van der Waals surface area contributed by atoms with Crippen LogP contribution < -0.4 is 24.3 Å². The van der Waals surface area contributed by atoms with E-state index in [0.29, 0.717) is 36.6 Å². The highest BCUT2D eigenvalue weighted by Crippen LogP contribution is 2.28. The number of ether oxygens (including phenoxy) is 4. The summed E-state index contributed by atoms with van der Waals surface area (Å²) in [6, 6.07) is 29.7. The van der Waals surface area contributed by atoms with Gasteiger partial charge in [-0.2, -0.15) is 0 Å². The molecule has 0 fully saturated rings. The predicted molar refractivity (Wildman–Crippen MR) is 170 cm³/mol. The van der Waals surface area contributed by atoms with Gasteiger partial charge in [0.15, 0.2) is 11.5 Å². The van der Waals surface area contributed by atoms with Gasteiger partial charge in [-0.3, -0.25) is 9.59 Å². The number of hydrogen-bond acceptors (Lipinski definition) is 6. The van der Waals surface area contributed by atoms with E-state index in [-0.39, 0.29) is 24.8 Å². The lowest BCUT2D eigenvalue weighted by atomic mass is 10.0. The Bertz CT molecular complexity index is 1490. The van der Waals surface area contributed by atoms with E-state index < -0.39 is 6.04 Å². The Morgan fingerprint density at radius 3 is 1.84 bits per heavy atom. The summed E-state index contributed by atoms with van der Waals surface area (Å²) in [6.07, 6.45) is 1.09. The Morgan fingerprint density at radius 1 is 0.659 bits per heavy atom. The first-order valence-corrected chi connectivity index (χ1v) is 14.5. The molecule has 2 amide bonds. The monoisotopic (exact) mass is 596 g/mol. The fraction of sp³-hybridized carbons (Fsp3) is 0.278. The normalized spacial score (nSPS) is 11.3. The van der Waals surface area contributed by atoms with Crippen molar-refractivity contribution in [3.63, 3.8) is 0 Å². The molecule has 0 aliphatic rings. The molecule has 0 bridgehead atoms. The Balaban J connectivity index is 1.61. The molecule has 8 heteroatoms. The van der Waals surface area contributed by atoms with Gasteiger partial charge < -0.3 is 29.2 Å². The lowest BCUT2D eigenvalue weighted by molar-refractivity contribution is -0.140. The third-order valence-electron chi connectivity index (χ3n) is 7.46. The summed E-state index contributed by atoms with van der Waals surface area (Å²) in [5.74, 6) is 2.22. The SMILES string of the molecule is COc1ccc(CCNC(=O)[C@@H](Cc2ccccc2)N(Cc2ccc(OC)cc2)C(=O)Cc2ccc(OC)c(OC)c2)cc1. The molecule has 0 heterocycles.